The average Bonchev–Trinajstić information content (AvgIpc) is 3.03. The number of imidazole rings is 1. The standard InChI is InChI=1S/C19H20N4O/c1-3-15-8-10-16(11-9-15)14(2)21-22-19(24)12-23-13-20-17-6-4-5-7-18(17)23/h4-11,13H,3,12H2,1-2H3,(H,22,24)/b21-14-. The van der Waals surface area contributed by atoms with Gasteiger partial charge in [0.15, 0.2) is 0 Å². The molecule has 2 aromatic carbocycles. The van der Waals surface area contributed by atoms with E-state index in [0.29, 0.717) is 0 Å². The van der Waals surface area contributed by atoms with Gasteiger partial charge in [-0.1, -0.05) is 43.3 Å². The number of aryl methyl sites for hydroxylation is 1. The first-order valence-electron chi connectivity index (χ1n) is 7.99. The van der Waals surface area contributed by atoms with Crippen molar-refractivity contribution in [3.63, 3.8) is 0 Å². The molecule has 1 N–H and O–H groups in total. The van der Waals surface area contributed by atoms with Crippen LogP contribution in [-0.4, -0.2) is 21.2 Å². The lowest BCUT2D eigenvalue weighted by molar-refractivity contribution is -0.121. The largest absolute Gasteiger partial charge is 0.321 e. The van der Waals surface area contributed by atoms with Crippen LogP contribution < -0.4 is 5.43 Å². The van der Waals surface area contributed by atoms with Gasteiger partial charge in [0, 0.05) is 0 Å². The van der Waals surface area contributed by atoms with Crippen molar-refractivity contribution in [2.45, 2.75) is 26.8 Å². The second kappa shape index (κ2) is 7.08. The molecule has 0 saturated carbocycles. The first-order valence-corrected chi connectivity index (χ1v) is 7.99. The minimum absolute atomic E-state index is 0.178. The molecule has 1 heterocycles. The molecule has 5 heteroatoms. The van der Waals surface area contributed by atoms with Crippen molar-refractivity contribution in [2.75, 3.05) is 0 Å². The zero-order valence-corrected chi connectivity index (χ0v) is 13.9. The lowest BCUT2D eigenvalue weighted by atomic mass is 10.1. The van der Waals surface area contributed by atoms with Gasteiger partial charge in [-0.25, -0.2) is 10.4 Å². The van der Waals surface area contributed by atoms with Crippen LogP contribution in [0, 0.1) is 0 Å². The summed E-state index contributed by atoms with van der Waals surface area (Å²) in [6, 6.07) is 15.9. The first-order chi connectivity index (χ1) is 11.7. The van der Waals surface area contributed by atoms with E-state index in [-0.39, 0.29) is 12.5 Å². The molecule has 0 atom stereocenters. The highest BCUT2D eigenvalue weighted by atomic mass is 16.2. The van der Waals surface area contributed by atoms with Gasteiger partial charge in [-0.15, -0.1) is 0 Å². The van der Waals surface area contributed by atoms with E-state index in [1.54, 1.807) is 6.33 Å². The number of rotatable bonds is 5. The first kappa shape index (κ1) is 15.9. The Hall–Kier alpha value is -2.95. The van der Waals surface area contributed by atoms with Crippen molar-refractivity contribution in [3.8, 4) is 0 Å². The molecule has 0 fully saturated rings. The molecular formula is C19H20N4O. The Kier molecular flexibility index (Phi) is 4.70. The van der Waals surface area contributed by atoms with Crippen molar-refractivity contribution in [1.82, 2.24) is 15.0 Å². The molecule has 24 heavy (non-hydrogen) atoms. The van der Waals surface area contributed by atoms with Crippen molar-refractivity contribution < 1.29 is 4.79 Å². The molecule has 5 nitrogen and oxygen atoms in total. The molecule has 0 aliphatic heterocycles. The summed E-state index contributed by atoms with van der Waals surface area (Å²) >= 11 is 0. The van der Waals surface area contributed by atoms with Crippen LogP contribution >= 0.6 is 0 Å². The quantitative estimate of drug-likeness (QED) is 0.580. The molecule has 1 amide bonds. The van der Waals surface area contributed by atoms with Gasteiger partial charge in [-0.05, 0) is 36.6 Å². The normalized spacial score (nSPS) is 11.7. The summed E-state index contributed by atoms with van der Waals surface area (Å²) in [6.07, 6.45) is 2.68. The smallest absolute Gasteiger partial charge is 0.260 e. The van der Waals surface area contributed by atoms with E-state index >= 15 is 0 Å². The number of nitrogens with zero attached hydrogens (tertiary/aromatic N) is 3. The highest BCUT2D eigenvalue weighted by molar-refractivity contribution is 5.99. The lowest BCUT2D eigenvalue weighted by Crippen LogP contribution is -2.24. The van der Waals surface area contributed by atoms with Crippen molar-refractivity contribution >= 4 is 22.7 Å². The predicted molar refractivity (Wildman–Crippen MR) is 95.9 cm³/mol. The number of carbonyl (C=O) groups excluding carboxylic acids is 1. The van der Waals surface area contributed by atoms with E-state index in [0.717, 1.165) is 28.7 Å². The van der Waals surface area contributed by atoms with Gasteiger partial charge >= 0.3 is 0 Å². The Morgan fingerprint density at radius 1 is 1.17 bits per heavy atom. The van der Waals surface area contributed by atoms with Crippen LogP contribution in [0.4, 0.5) is 0 Å². The molecular weight excluding hydrogens is 300 g/mol. The second-order valence-corrected chi connectivity index (χ2v) is 5.64. The highest BCUT2D eigenvalue weighted by Gasteiger charge is 2.06. The maximum Gasteiger partial charge on any atom is 0.260 e. The fourth-order valence-corrected chi connectivity index (χ4v) is 2.52. The van der Waals surface area contributed by atoms with E-state index in [1.165, 1.54) is 5.56 Å². The Labute approximate surface area is 141 Å². The van der Waals surface area contributed by atoms with Crippen molar-refractivity contribution in [3.05, 3.63) is 66.0 Å². The minimum Gasteiger partial charge on any atom is -0.321 e. The van der Waals surface area contributed by atoms with E-state index < -0.39 is 0 Å². The van der Waals surface area contributed by atoms with Gasteiger partial charge in [-0.2, -0.15) is 5.10 Å². The van der Waals surface area contributed by atoms with Crippen LogP contribution in [0.1, 0.15) is 25.0 Å². The van der Waals surface area contributed by atoms with E-state index in [4.69, 9.17) is 0 Å². The third-order valence-corrected chi connectivity index (χ3v) is 3.97. The third kappa shape index (κ3) is 3.51. The molecule has 0 unspecified atom stereocenters. The Morgan fingerprint density at radius 3 is 2.67 bits per heavy atom. The number of hydrogen-bond donors (Lipinski definition) is 1. The molecule has 0 aliphatic carbocycles. The van der Waals surface area contributed by atoms with Gasteiger partial charge in [-0.3, -0.25) is 4.79 Å². The molecule has 3 rings (SSSR count). The zero-order valence-electron chi connectivity index (χ0n) is 13.9. The third-order valence-electron chi connectivity index (χ3n) is 3.97. The number of benzene rings is 2. The van der Waals surface area contributed by atoms with Gasteiger partial charge in [0.2, 0.25) is 0 Å². The average molecular weight is 320 g/mol. The highest BCUT2D eigenvalue weighted by Crippen LogP contribution is 2.11. The number of hydrazone groups is 1. The summed E-state index contributed by atoms with van der Waals surface area (Å²) in [5.41, 5.74) is 7.48. The molecule has 0 bridgehead atoms. The van der Waals surface area contributed by atoms with Crippen molar-refractivity contribution in [1.29, 1.82) is 0 Å². The molecule has 0 aliphatic rings. The van der Waals surface area contributed by atoms with Crippen molar-refractivity contribution in [2.24, 2.45) is 5.10 Å². The Balaban J connectivity index is 1.65. The fraction of sp³-hybridized carbons (Fsp3) is 0.211. The maximum atomic E-state index is 12.1. The number of fused-ring (bicyclic) bond motifs is 1. The molecule has 0 spiro atoms. The van der Waals surface area contributed by atoms with Crippen LogP contribution in [0.3, 0.4) is 0 Å². The molecule has 3 aromatic rings. The molecule has 0 saturated heterocycles. The number of nitrogens with one attached hydrogen (secondary N) is 1. The summed E-state index contributed by atoms with van der Waals surface area (Å²) in [6.45, 7) is 4.19. The molecule has 0 radical (unpaired) electrons. The number of carbonyl (C=O) groups is 1. The van der Waals surface area contributed by atoms with Gasteiger partial charge in [0.1, 0.15) is 6.54 Å². The lowest BCUT2D eigenvalue weighted by Gasteiger charge is -2.05. The van der Waals surface area contributed by atoms with Crippen LogP contribution in [0.15, 0.2) is 60.0 Å². The van der Waals surface area contributed by atoms with E-state index in [9.17, 15) is 4.79 Å². The van der Waals surface area contributed by atoms with E-state index in [2.05, 4.69) is 34.6 Å². The van der Waals surface area contributed by atoms with Crippen LogP contribution in [-0.2, 0) is 17.8 Å². The van der Waals surface area contributed by atoms with Crippen LogP contribution in [0.5, 0.6) is 0 Å². The SMILES string of the molecule is CCc1ccc(/C(C)=N\NC(=O)Cn2cnc3ccccc32)cc1. The number of amides is 1. The number of aromatic nitrogens is 2. The predicted octanol–water partition coefficient (Wildman–Crippen LogP) is 3.14. The summed E-state index contributed by atoms with van der Waals surface area (Å²) in [5, 5.41) is 4.19. The fourth-order valence-electron chi connectivity index (χ4n) is 2.52. The summed E-state index contributed by atoms with van der Waals surface area (Å²) in [4.78, 5) is 16.4. The number of hydrogen-bond acceptors (Lipinski definition) is 3. The van der Waals surface area contributed by atoms with E-state index in [1.807, 2.05) is 47.9 Å². The Bertz CT molecular complexity index is 878. The molecule has 122 valence electrons. The van der Waals surface area contributed by atoms with Crippen LogP contribution in [0.2, 0.25) is 0 Å². The summed E-state index contributed by atoms with van der Waals surface area (Å²) < 4.78 is 1.81. The summed E-state index contributed by atoms with van der Waals surface area (Å²) in [7, 11) is 0. The summed E-state index contributed by atoms with van der Waals surface area (Å²) in [5.74, 6) is -0.178. The van der Waals surface area contributed by atoms with Gasteiger partial charge < -0.3 is 4.57 Å². The minimum atomic E-state index is -0.178. The van der Waals surface area contributed by atoms with Gasteiger partial charge in [0.05, 0.1) is 23.1 Å². The van der Waals surface area contributed by atoms with Gasteiger partial charge in [0.25, 0.3) is 5.91 Å². The molecule has 1 aromatic heterocycles. The topological polar surface area (TPSA) is 59.3 Å². The Morgan fingerprint density at radius 2 is 1.92 bits per heavy atom. The second-order valence-electron chi connectivity index (χ2n) is 5.64. The maximum absolute atomic E-state index is 12.1. The zero-order chi connectivity index (χ0) is 16.9. The van der Waals surface area contributed by atoms with Crippen LogP contribution in [0.25, 0.3) is 11.0 Å². The monoisotopic (exact) mass is 320 g/mol. The number of para-hydroxylation sites is 2.